The maximum atomic E-state index is 5.62. The average Bonchev–Trinajstić information content (AvgIpc) is 2.99. The van der Waals surface area contributed by atoms with Gasteiger partial charge in [-0.25, -0.2) is 0 Å². The number of piperidine rings is 1. The van der Waals surface area contributed by atoms with Crippen LogP contribution < -0.4 is 10.6 Å². The van der Waals surface area contributed by atoms with Gasteiger partial charge in [0.15, 0.2) is 5.96 Å². The molecular weight excluding hydrogens is 403 g/mol. The van der Waals surface area contributed by atoms with Crippen molar-refractivity contribution in [3.05, 3.63) is 0 Å². The highest BCUT2D eigenvalue weighted by atomic mass is 127. The summed E-state index contributed by atoms with van der Waals surface area (Å²) in [5, 5.41) is 6.78. The third kappa shape index (κ3) is 8.03. The first-order chi connectivity index (χ1) is 10.7. The Kier molecular flexibility index (Phi) is 10.5. The molecule has 136 valence electrons. The smallest absolute Gasteiger partial charge is 0.191 e. The van der Waals surface area contributed by atoms with Gasteiger partial charge in [-0.3, -0.25) is 4.99 Å². The number of aliphatic imine (C=N–C) groups is 1. The number of halogens is 1. The first kappa shape index (κ1) is 21.0. The second-order valence-corrected chi connectivity index (χ2v) is 7.07. The normalized spacial score (nSPS) is 29.2. The molecule has 0 aromatic heterocycles. The Balaban J connectivity index is 0.00000264. The molecular formula is C17H35IN4O. The minimum absolute atomic E-state index is 0. The van der Waals surface area contributed by atoms with Gasteiger partial charge in [0.2, 0.25) is 0 Å². The largest absolute Gasteiger partial charge is 0.376 e. The molecule has 2 fully saturated rings. The first-order valence-corrected chi connectivity index (χ1v) is 8.96. The number of guanidine groups is 1. The maximum Gasteiger partial charge on any atom is 0.191 e. The number of ether oxygens (including phenoxy) is 1. The van der Waals surface area contributed by atoms with Crippen LogP contribution in [0.1, 0.15) is 39.5 Å². The molecule has 2 N–H and O–H groups in total. The van der Waals surface area contributed by atoms with Crippen LogP contribution in [-0.4, -0.2) is 63.3 Å². The Morgan fingerprint density at radius 2 is 1.96 bits per heavy atom. The molecule has 2 aliphatic heterocycles. The summed E-state index contributed by atoms with van der Waals surface area (Å²) in [5.41, 5.74) is 0. The number of nitrogens with one attached hydrogen (secondary N) is 2. The van der Waals surface area contributed by atoms with Gasteiger partial charge in [0, 0.05) is 39.8 Å². The van der Waals surface area contributed by atoms with Crippen molar-refractivity contribution in [2.75, 3.05) is 46.4 Å². The summed E-state index contributed by atoms with van der Waals surface area (Å²) in [6.45, 7) is 11.2. The van der Waals surface area contributed by atoms with E-state index in [0.29, 0.717) is 6.10 Å². The molecule has 0 saturated carbocycles. The Morgan fingerprint density at radius 1 is 1.22 bits per heavy atom. The standard InChI is InChI=1S/C17H34N4O.HI/c1-14-10-15(2)13-21(12-14)8-5-7-19-17(18-3)20-11-16-6-4-9-22-16;/h14-16H,4-13H2,1-3H3,(H2,18,19,20);1H. The molecule has 0 bridgehead atoms. The Hall–Kier alpha value is -0.0800. The molecule has 0 spiro atoms. The van der Waals surface area contributed by atoms with Gasteiger partial charge >= 0.3 is 0 Å². The highest BCUT2D eigenvalue weighted by molar-refractivity contribution is 14.0. The first-order valence-electron chi connectivity index (χ1n) is 8.96. The summed E-state index contributed by atoms with van der Waals surface area (Å²) in [6.07, 6.45) is 5.25. The fourth-order valence-corrected chi connectivity index (χ4v) is 3.72. The minimum Gasteiger partial charge on any atom is -0.376 e. The van der Waals surface area contributed by atoms with E-state index < -0.39 is 0 Å². The SMILES string of the molecule is CN=C(NCCCN1CC(C)CC(C)C1)NCC1CCCO1.I. The van der Waals surface area contributed by atoms with Crippen LogP contribution in [0.25, 0.3) is 0 Å². The summed E-state index contributed by atoms with van der Waals surface area (Å²) in [7, 11) is 1.83. The van der Waals surface area contributed by atoms with Crippen molar-refractivity contribution >= 4 is 29.9 Å². The van der Waals surface area contributed by atoms with Gasteiger partial charge in [0.25, 0.3) is 0 Å². The van der Waals surface area contributed by atoms with Crippen LogP contribution in [0.5, 0.6) is 0 Å². The van der Waals surface area contributed by atoms with Gasteiger partial charge in [-0.15, -0.1) is 24.0 Å². The quantitative estimate of drug-likeness (QED) is 0.289. The summed E-state index contributed by atoms with van der Waals surface area (Å²) >= 11 is 0. The van der Waals surface area contributed by atoms with Crippen LogP contribution in [0, 0.1) is 11.8 Å². The van der Waals surface area contributed by atoms with Crippen molar-refractivity contribution in [3.63, 3.8) is 0 Å². The highest BCUT2D eigenvalue weighted by Gasteiger charge is 2.21. The number of likely N-dealkylation sites (tertiary alicyclic amines) is 1. The molecule has 0 aromatic carbocycles. The lowest BCUT2D eigenvalue weighted by atomic mass is 9.92. The van der Waals surface area contributed by atoms with E-state index in [9.17, 15) is 0 Å². The monoisotopic (exact) mass is 438 g/mol. The van der Waals surface area contributed by atoms with Crippen LogP contribution in [0.15, 0.2) is 4.99 Å². The molecule has 2 heterocycles. The van der Waals surface area contributed by atoms with Crippen molar-refractivity contribution in [1.29, 1.82) is 0 Å². The number of nitrogens with zero attached hydrogens (tertiary/aromatic N) is 2. The molecule has 0 amide bonds. The number of hydrogen-bond acceptors (Lipinski definition) is 3. The second-order valence-electron chi connectivity index (χ2n) is 7.07. The molecule has 23 heavy (non-hydrogen) atoms. The summed E-state index contributed by atoms with van der Waals surface area (Å²) in [4.78, 5) is 6.90. The van der Waals surface area contributed by atoms with Crippen molar-refractivity contribution in [2.45, 2.75) is 45.6 Å². The van der Waals surface area contributed by atoms with Gasteiger partial charge in [0.05, 0.1) is 6.10 Å². The molecule has 0 aromatic rings. The number of hydrogen-bond donors (Lipinski definition) is 2. The fraction of sp³-hybridized carbons (Fsp3) is 0.941. The lowest BCUT2D eigenvalue weighted by molar-refractivity contribution is 0.113. The molecule has 0 radical (unpaired) electrons. The lowest BCUT2D eigenvalue weighted by Crippen LogP contribution is -2.43. The molecule has 2 saturated heterocycles. The van der Waals surface area contributed by atoms with E-state index in [-0.39, 0.29) is 24.0 Å². The van der Waals surface area contributed by atoms with Gasteiger partial charge in [-0.1, -0.05) is 13.8 Å². The van der Waals surface area contributed by atoms with E-state index in [0.717, 1.165) is 43.9 Å². The van der Waals surface area contributed by atoms with Gasteiger partial charge in [0.1, 0.15) is 0 Å². The van der Waals surface area contributed by atoms with E-state index in [4.69, 9.17) is 4.74 Å². The summed E-state index contributed by atoms with van der Waals surface area (Å²) in [5.74, 6) is 2.59. The third-order valence-electron chi connectivity index (χ3n) is 4.63. The van der Waals surface area contributed by atoms with Gasteiger partial charge < -0.3 is 20.3 Å². The zero-order chi connectivity index (χ0) is 15.8. The predicted octanol–water partition coefficient (Wildman–Crippen LogP) is 2.32. The minimum atomic E-state index is 0. The van der Waals surface area contributed by atoms with Crippen molar-refractivity contribution in [3.8, 4) is 0 Å². The van der Waals surface area contributed by atoms with Crippen LogP contribution in [0.3, 0.4) is 0 Å². The lowest BCUT2D eigenvalue weighted by Gasteiger charge is -2.35. The molecule has 2 rings (SSSR count). The fourth-order valence-electron chi connectivity index (χ4n) is 3.72. The molecule has 2 aliphatic rings. The van der Waals surface area contributed by atoms with Crippen LogP contribution in [0.4, 0.5) is 0 Å². The predicted molar refractivity (Wildman–Crippen MR) is 108 cm³/mol. The highest BCUT2D eigenvalue weighted by Crippen LogP contribution is 2.20. The topological polar surface area (TPSA) is 48.9 Å². The molecule has 3 atom stereocenters. The molecule has 0 aliphatic carbocycles. The van der Waals surface area contributed by atoms with Gasteiger partial charge in [-0.05, 0) is 44.1 Å². The van der Waals surface area contributed by atoms with Crippen LogP contribution in [-0.2, 0) is 4.74 Å². The van der Waals surface area contributed by atoms with Crippen molar-refractivity contribution < 1.29 is 4.74 Å². The second kappa shape index (κ2) is 11.5. The van der Waals surface area contributed by atoms with E-state index >= 15 is 0 Å². The zero-order valence-corrected chi connectivity index (χ0v) is 17.3. The van der Waals surface area contributed by atoms with Crippen molar-refractivity contribution in [2.24, 2.45) is 16.8 Å². The summed E-state index contributed by atoms with van der Waals surface area (Å²) < 4.78 is 5.62. The Bertz CT molecular complexity index is 337. The number of rotatable bonds is 6. The maximum absolute atomic E-state index is 5.62. The van der Waals surface area contributed by atoms with E-state index in [1.165, 1.54) is 38.9 Å². The Labute approximate surface area is 159 Å². The van der Waals surface area contributed by atoms with E-state index in [2.05, 4.69) is 34.4 Å². The van der Waals surface area contributed by atoms with Crippen LogP contribution >= 0.6 is 24.0 Å². The molecule has 6 heteroatoms. The molecule has 5 nitrogen and oxygen atoms in total. The third-order valence-corrected chi connectivity index (χ3v) is 4.63. The van der Waals surface area contributed by atoms with Crippen molar-refractivity contribution in [1.82, 2.24) is 15.5 Å². The van der Waals surface area contributed by atoms with E-state index in [1.54, 1.807) is 0 Å². The molecule has 3 unspecified atom stereocenters. The van der Waals surface area contributed by atoms with Crippen LogP contribution in [0.2, 0.25) is 0 Å². The Morgan fingerprint density at radius 3 is 2.57 bits per heavy atom. The average molecular weight is 438 g/mol. The zero-order valence-electron chi connectivity index (χ0n) is 15.0. The van der Waals surface area contributed by atoms with Gasteiger partial charge in [-0.2, -0.15) is 0 Å². The summed E-state index contributed by atoms with van der Waals surface area (Å²) in [6, 6.07) is 0. The van der Waals surface area contributed by atoms with E-state index in [1.807, 2.05) is 7.05 Å².